The van der Waals surface area contributed by atoms with Gasteiger partial charge in [-0.05, 0) is 43.5 Å². The second-order valence-electron chi connectivity index (χ2n) is 6.41. The van der Waals surface area contributed by atoms with Crippen molar-refractivity contribution in [2.24, 2.45) is 0 Å². The van der Waals surface area contributed by atoms with Crippen LogP contribution in [-0.2, 0) is 6.42 Å². The third kappa shape index (κ3) is 3.28. The Kier molecular flexibility index (Phi) is 4.35. The number of para-hydroxylation sites is 1. The van der Waals surface area contributed by atoms with Gasteiger partial charge in [-0.3, -0.25) is 4.79 Å². The van der Waals surface area contributed by atoms with Crippen molar-refractivity contribution in [3.05, 3.63) is 72.1 Å². The summed E-state index contributed by atoms with van der Waals surface area (Å²) in [5.74, 6) is 1.62. The van der Waals surface area contributed by atoms with E-state index in [-0.39, 0.29) is 5.78 Å². The molecule has 4 rings (SSSR count). The second-order valence-corrected chi connectivity index (χ2v) is 6.41. The Morgan fingerprint density at radius 3 is 2.85 bits per heavy atom. The summed E-state index contributed by atoms with van der Waals surface area (Å²) in [6, 6.07) is 17.8. The molecule has 3 aromatic rings. The van der Waals surface area contributed by atoms with Gasteiger partial charge in [0.25, 0.3) is 0 Å². The fraction of sp³-hybridized carbons (Fsp3) is 0.190. The molecule has 0 saturated heterocycles. The third-order valence-electron chi connectivity index (χ3n) is 4.58. The summed E-state index contributed by atoms with van der Waals surface area (Å²) in [4.78, 5) is 22.6. The van der Waals surface area contributed by atoms with Crippen LogP contribution >= 0.6 is 0 Å². The van der Waals surface area contributed by atoms with Crippen LogP contribution in [0.25, 0.3) is 0 Å². The zero-order chi connectivity index (χ0) is 17.9. The van der Waals surface area contributed by atoms with Crippen molar-refractivity contribution in [1.82, 2.24) is 9.97 Å². The van der Waals surface area contributed by atoms with E-state index in [2.05, 4.69) is 44.5 Å². The van der Waals surface area contributed by atoms with Crippen LogP contribution in [0.3, 0.4) is 0 Å². The van der Waals surface area contributed by atoms with E-state index in [1.54, 1.807) is 13.3 Å². The number of hydrogen-bond acceptors (Lipinski definition) is 5. The Labute approximate surface area is 152 Å². The van der Waals surface area contributed by atoms with Crippen LogP contribution in [0.15, 0.2) is 60.9 Å². The standard InChI is InChI=1S/C21H20N4O/c1-15(26)17-7-4-9-18(12-17)24-20-13-21(23-14-22-20)25-11-5-8-16-6-2-3-10-19(16)25/h2-4,6-7,9-10,12-14H,5,8,11H2,1H3,(H,22,23,24). The van der Waals surface area contributed by atoms with Crippen LogP contribution in [0.1, 0.15) is 29.3 Å². The molecule has 2 aromatic carbocycles. The third-order valence-corrected chi connectivity index (χ3v) is 4.58. The van der Waals surface area contributed by atoms with Crippen LogP contribution in [0.2, 0.25) is 0 Å². The molecule has 1 N–H and O–H groups in total. The van der Waals surface area contributed by atoms with Gasteiger partial charge in [-0.2, -0.15) is 0 Å². The summed E-state index contributed by atoms with van der Waals surface area (Å²) in [7, 11) is 0. The Morgan fingerprint density at radius 1 is 1.08 bits per heavy atom. The summed E-state index contributed by atoms with van der Waals surface area (Å²) in [5, 5.41) is 3.27. The minimum Gasteiger partial charge on any atom is -0.340 e. The molecule has 5 heteroatoms. The van der Waals surface area contributed by atoms with Gasteiger partial charge < -0.3 is 10.2 Å². The second kappa shape index (κ2) is 6.96. The molecule has 0 spiro atoms. The molecule has 0 amide bonds. The van der Waals surface area contributed by atoms with Crippen molar-refractivity contribution in [1.29, 1.82) is 0 Å². The predicted octanol–water partition coefficient (Wildman–Crippen LogP) is 4.51. The van der Waals surface area contributed by atoms with Crippen LogP contribution in [0, 0.1) is 0 Å². The number of hydrogen-bond donors (Lipinski definition) is 1. The van der Waals surface area contributed by atoms with Gasteiger partial charge in [0, 0.05) is 29.5 Å². The van der Waals surface area contributed by atoms with Crippen molar-refractivity contribution in [2.75, 3.05) is 16.8 Å². The highest BCUT2D eigenvalue weighted by atomic mass is 16.1. The number of carbonyl (C=O) groups is 1. The van der Waals surface area contributed by atoms with Crippen molar-refractivity contribution >= 4 is 28.8 Å². The summed E-state index contributed by atoms with van der Waals surface area (Å²) in [5.41, 5.74) is 4.07. The first kappa shape index (κ1) is 16.3. The van der Waals surface area contributed by atoms with E-state index >= 15 is 0 Å². The van der Waals surface area contributed by atoms with Gasteiger partial charge in [0.1, 0.15) is 18.0 Å². The fourth-order valence-corrected chi connectivity index (χ4v) is 3.30. The van der Waals surface area contributed by atoms with Gasteiger partial charge in [0.15, 0.2) is 5.78 Å². The maximum absolute atomic E-state index is 11.6. The maximum Gasteiger partial charge on any atom is 0.159 e. The van der Waals surface area contributed by atoms with Crippen molar-refractivity contribution in [3.63, 3.8) is 0 Å². The number of nitrogens with one attached hydrogen (secondary N) is 1. The quantitative estimate of drug-likeness (QED) is 0.706. The lowest BCUT2D eigenvalue weighted by atomic mass is 10.0. The van der Waals surface area contributed by atoms with Gasteiger partial charge in [0.05, 0.1) is 0 Å². The lowest BCUT2D eigenvalue weighted by molar-refractivity contribution is 0.101. The molecule has 1 aliphatic rings. The van der Waals surface area contributed by atoms with Crippen LogP contribution in [0.4, 0.5) is 23.0 Å². The van der Waals surface area contributed by atoms with Gasteiger partial charge in [-0.25, -0.2) is 9.97 Å². The Balaban J connectivity index is 1.62. The highest BCUT2D eigenvalue weighted by Gasteiger charge is 2.19. The van der Waals surface area contributed by atoms with E-state index in [1.807, 2.05) is 30.3 Å². The topological polar surface area (TPSA) is 58.1 Å². The molecule has 0 aliphatic carbocycles. The molecule has 0 radical (unpaired) electrons. The average Bonchev–Trinajstić information content (AvgIpc) is 2.68. The largest absolute Gasteiger partial charge is 0.340 e. The summed E-state index contributed by atoms with van der Waals surface area (Å²) in [6.07, 6.45) is 3.77. The first-order valence-electron chi connectivity index (χ1n) is 8.76. The van der Waals surface area contributed by atoms with E-state index in [1.165, 1.54) is 11.3 Å². The number of nitrogens with zero attached hydrogens (tertiary/aromatic N) is 3. The molecule has 0 atom stereocenters. The van der Waals surface area contributed by atoms with Gasteiger partial charge in [0.2, 0.25) is 0 Å². The summed E-state index contributed by atoms with van der Waals surface area (Å²) < 4.78 is 0. The molecule has 130 valence electrons. The fourth-order valence-electron chi connectivity index (χ4n) is 3.30. The zero-order valence-electron chi connectivity index (χ0n) is 14.6. The maximum atomic E-state index is 11.6. The number of aromatic nitrogens is 2. The molecular weight excluding hydrogens is 324 g/mol. The van der Waals surface area contributed by atoms with Gasteiger partial charge in [-0.15, -0.1) is 0 Å². The molecule has 0 saturated carbocycles. The lowest BCUT2D eigenvalue weighted by Gasteiger charge is -2.30. The van der Waals surface area contributed by atoms with Crippen molar-refractivity contribution in [2.45, 2.75) is 19.8 Å². The summed E-state index contributed by atoms with van der Waals surface area (Å²) >= 11 is 0. The van der Waals surface area contributed by atoms with E-state index in [0.717, 1.165) is 30.9 Å². The van der Waals surface area contributed by atoms with E-state index < -0.39 is 0 Å². The molecular formula is C21H20N4O. The summed E-state index contributed by atoms with van der Waals surface area (Å²) in [6.45, 7) is 2.50. The van der Waals surface area contributed by atoms with Gasteiger partial charge in [-0.1, -0.05) is 30.3 Å². The number of aryl methyl sites for hydroxylation is 1. The number of ketones is 1. The highest BCUT2D eigenvalue weighted by molar-refractivity contribution is 5.95. The normalized spacial score (nSPS) is 13.2. The van der Waals surface area contributed by atoms with Crippen LogP contribution in [-0.4, -0.2) is 22.3 Å². The molecule has 0 bridgehead atoms. The number of fused-ring (bicyclic) bond motifs is 1. The van der Waals surface area contributed by atoms with Crippen molar-refractivity contribution < 1.29 is 4.79 Å². The lowest BCUT2D eigenvalue weighted by Crippen LogP contribution is -2.25. The number of anilines is 4. The van der Waals surface area contributed by atoms with Gasteiger partial charge >= 0.3 is 0 Å². The first-order valence-corrected chi connectivity index (χ1v) is 8.76. The Bertz CT molecular complexity index is 954. The highest BCUT2D eigenvalue weighted by Crippen LogP contribution is 2.32. The molecule has 5 nitrogen and oxygen atoms in total. The smallest absolute Gasteiger partial charge is 0.159 e. The molecule has 26 heavy (non-hydrogen) atoms. The average molecular weight is 344 g/mol. The Hall–Kier alpha value is -3.21. The number of rotatable bonds is 4. The first-order chi connectivity index (χ1) is 12.7. The molecule has 0 unspecified atom stereocenters. The SMILES string of the molecule is CC(=O)c1cccc(Nc2cc(N3CCCc4ccccc43)ncn2)c1. The molecule has 1 aliphatic heterocycles. The molecule has 0 fully saturated rings. The Morgan fingerprint density at radius 2 is 1.96 bits per heavy atom. The molecule has 1 aromatic heterocycles. The van der Waals surface area contributed by atoms with E-state index in [9.17, 15) is 4.79 Å². The van der Waals surface area contributed by atoms with E-state index in [4.69, 9.17) is 0 Å². The van der Waals surface area contributed by atoms with Crippen LogP contribution < -0.4 is 10.2 Å². The van der Waals surface area contributed by atoms with Crippen LogP contribution in [0.5, 0.6) is 0 Å². The monoisotopic (exact) mass is 344 g/mol. The zero-order valence-corrected chi connectivity index (χ0v) is 14.6. The minimum atomic E-state index is 0.0435. The van der Waals surface area contributed by atoms with E-state index in [0.29, 0.717) is 11.4 Å². The molecule has 2 heterocycles. The minimum absolute atomic E-state index is 0.0435. The number of carbonyl (C=O) groups excluding carboxylic acids is 1. The predicted molar refractivity (Wildman–Crippen MR) is 104 cm³/mol. The van der Waals surface area contributed by atoms with Crippen molar-refractivity contribution in [3.8, 4) is 0 Å². The number of benzene rings is 2. The number of Topliss-reactive ketones (excluding diaryl/α,β-unsaturated/α-hetero) is 1.